The molecule has 1 saturated carbocycles. The van der Waals surface area contributed by atoms with Crippen molar-refractivity contribution < 1.29 is 9.90 Å². The van der Waals surface area contributed by atoms with E-state index >= 15 is 0 Å². The minimum atomic E-state index is -0.641. The molecule has 2 atom stereocenters. The van der Waals surface area contributed by atoms with Gasteiger partial charge in [0.25, 0.3) is 0 Å². The number of carboxylic acids is 1. The van der Waals surface area contributed by atoms with Crippen LogP contribution in [0.15, 0.2) is 0 Å². The molecule has 2 heteroatoms. The van der Waals surface area contributed by atoms with E-state index in [-0.39, 0.29) is 0 Å². The van der Waals surface area contributed by atoms with Gasteiger partial charge in [0.1, 0.15) is 0 Å². The monoisotopic (exact) mass is 184 g/mol. The van der Waals surface area contributed by atoms with E-state index in [9.17, 15) is 4.79 Å². The molecule has 0 radical (unpaired) electrons. The topological polar surface area (TPSA) is 37.3 Å². The number of aliphatic carboxylic acids is 1. The molecule has 0 aliphatic heterocycles. The lowest BCUT2D eigenvalue weighted by Crippen LogP contribution is -2.30. The van der Waals surface area contributed by atoms with Gasteiger partial charge in [-0.15, -0.1) is 0 Å². The van der Waals surface area contributed by atoms with Gasteiger partial charge in [-0.2, -0.15) is 0 Å². The molecule has 76 valence electrons. The summed E-state index contributed by atoms with van der Waals surface area (Å²) in [6.07, 6.45) is 2.75. The first-order valence-corrected chi connectivity index (χ1v) is 5.22. The van der Waals surface area contributed by atoms with E-state index in [1.807, 2.05) is 0 Å². The first-order valence-electron chi connectivity index (χ1n) is 5.22. The third-order valence-electron chi connectivity index (χ3n) is 3.42. The van der Waals surface area contributed by atoms with Gasteiger partial charge >= 0.3 is 5.97 Å². The molecular weight excluding hydrogens is 164 g/mol. The third kappa shape index (κ3) is 2.71. The minimum absolute atomic E-state index is 0.356. The van der Waals surface area contributed by atoms with Gasteiger partial charge in [-0.05, 0) is 36.5 Å². The Balaban J connectivity index is 2.56. The summed E-state index contributed by atoms with van der Waals surface area (Å²) in [6.45, 7) is 6.66. The van der Waals surface area contributed by atoms with Crippen LogP contribution >= 0.6 is 0 Å². The van der Waals surface area contributed by atoms with Crippen LogP contribution in [-0.2, 0) is 4.79 Å². The molecule has 0 saturated heterocycles. The first-order chi connectivity index (χ1) is 6.00. The lowest BCUT2D eigenvalue weighted by atomic mass is 9.68. The van der Waals surface area contributed by atoms with E-state index in [1.54, 1.807) is 0 Å². The average Bonchev–Trinajstić information content (AvgIpc) is 1.96. The highest BCUT2D eigenvalue weighted by atomic mass is 16.4. The molecule has 2 unspecified atom stereocenters. The fourth-order valence-electron chi connectivity index (χ4n) is 2.88. The van der Waals surface area contributed by atoms with Crippen molar-refractivity contribution in [3.8, 4) is 0 Å². The molecule has 0 spiro atoms. The van der Waals surface area contributed by atoms with E-state index < -0.39 is 5.97 Å². The summed E-state index contributed by atoms with van der Waals surface area (Å²) in [5.41, 5.74) is 0. The predicted octanol–water partition coefficient (Wildman–Crippen LogP) is 2.78. The van der Waals surface area contributed by atoms with Gasteiger partial charge in [0, 0.05) is 6.42 Å². The van der Waals surface area contributed by atoms with E-state index in [1.165, 1.54) is 12.8 Å². The summed E-state index contributed by atoms with van der Waals surface area (Å²) in [7, 11) is 0. The van der Waals surface area contributed by atoms with Crippen LogP contribution in [-0.4, -0.2) is 11.1 Å². The Morgan fingerprint density at radius 2 is 1.69 bits per heavy atom. The van der Waals surface area contributed by atoms with Crippen molar-refractivity contribution in [2.45, 2.75) is 40.0 Å². The van der Waals surface area contributed by atoms with Crippen LogP contribution in [0.2, 0.25) is 0 Å². The Morgan fingerprint density at radius 1 is 1.23 bits per heavy atom. The molecule has 1 rings (SSSR count). The second-order valence-electron chi connectivity index (χ2n) is 4.79. The van der Waals surface area contributed by atoms with Crippen LogP contribution in [0.25, 0.3) is 0 Å². The minimum Gasteiger partial charge on any atom is -0.481 e. The van der Waals surface area contributed by atoms with Gasteiger partial charge < -0.3 is 5.11 Å². The maximum absolute atomic E-state index is 10.6. The molecular formula is C11H20O2. The van der Waals surface area contributed by atoms with Crippen LogP contribution in [0.4, 0.5) is 0 Å². The van der Waals surface area contributed by atoms with E-state index in [2.05, 4.69) is 20.8 Å². The zero-order valence-corrected chi connectivity index (χ0v) is 8.79. The Bertz CT molecular complexity index is 177. The molecule has 1 N–H and O–H groups in total. The molecule has 2 nitrogen and oxygen atoms in total. The van der Waals surface area contributed by atoms with Gasteiger partial charge in [-0.3, -0.25) is 4.79 Å². The van der Waals surface area contributed by atoms with Crippen molar-refractivity contribution in [2.24, 2.45) is 23.7 Å². The molecule has 13 heavy (non-hydrogen) atoms. The van der Waals surface area contributed by atoms with Crippen molar-refractivity contribution in [2.75, 3.05) is 0 Å². The zero-order valence-electron chi connectivity index (χ0n) is 8.79. The van der Waals surface area contributed by atoms with Crippen molar-refractivity contribution in [3.05, 3.63) is 0 Å². The van der Waals surface area contributed by atoms with E-state index in [0.717, 1.165) is 5.92 Å². The summed E-state index contributed by atoms with van der Waals surface area (Å²) < 4.78 is 0. The normalized spacial score (nSPS) is 40.2. The fraction of sp³-hybridized carbons (Fsp3) is 0.909. The molecule has 0 aromatic heterocycles. The van der Waals surface area contributed by atoms with Gasteiger partial charge in [-0.1, -0.05) is 20.8 Å². The molecule has 1 fully saturated rings. The maximum atomic E-state index is 10.6. The quantitative estimate of drug-likeness (QED) is 0.716. The summed E-state index contributed by atoms with van der Waals surface area (Å²) in [4.78, 5) is 10.6. The van der Waals surface area contributed by atoms with E-state index in [4.69, 9.17) is 5.11 Å². The highest BCUT2D eigenvalue weighted by Gasteiger charge is 2.32. The smallest absolute Gasteiger partial charge is 0.303 e. The van der Waals surface area contributed by atoms with Crippen molar-refractivity contribution >= 4 is 5.97 Å². The van der Waals surface area contributed by atoms with Gasteiger partial charge in [0.2, 0.25) is 0 Å². The largest absolute Gasteiger partial charge is 0.481 e. The number of hydrogen-bond donors (Lipinski definition) is 1. The van der Waals surface area contributed by atoms with Crippen LogP contribution in [0.3, 0.4) is 0 Å². The standard InChI is InChI=1S/C11H20O2/c1-7-4-8(2)10(6-11(12)13)9(3)5-7/h7-10H,4-6H2,1-3H3,(H,12,13). The predicted molar refractivity (Wildman–Crippen MR) is 52.5 cm³/mol. The number of hydrogen-bond acceptors (Lipinski definition) is 1. The van der Waals surface area contributed by atoms with Crippen LogP contribution in [0, 0.1) is 23.7 Å². The van der Waals surface area contributed by atoms with Gasteiger partial charge in [-0.25, -0.2) is 0 Å². The number of carboxylic acid groups (broad SMARTS) is 1. The van der Waals surface area contributed by atoms with Crippen molar-refractivity contribution in [1.82, 2.24) is 0 Å². The lowest BCUT2D eigenvalue weighted by Gasteiger charge is -2.37. The summed E-state index contributed by atoms with van der Waals surface area (Å²) >= 11 is 0. The molecule has 0 aromatic rings. The lowest BCUT2D eigenvalue weighted by molar-refractivity contribution is -0.139. The molecule has 0 aromatic carbocycles. The highest BCUT2D eigenvalue weighted by Crippen LogP contribution is 2.39. The SMILES string of the molecule is CC1CC(C)C(CC(=O)O)C(C)C1. The molecule has 0 bridgehead atoms. The Kier molecular flexibility index (Phi) is 3.34. The van der Waals surface area contributed by atoms with Crippen molar-refractivity contribution in [1.29, 1.82) is 0 Å². The molecule has 1 aliphatic carbocycles. The molecule has 0 amide bonds. The number of rotatable bonds is 2. The van der Waals surface area contributed by atoms with Gasteiger partial charge in [0.05, 0.1) is 0 Å². The second-order valence-corrected chi connectivity index (χ2v) is 4.79. The van der Waals surface area contributed by atoms with Crippen molar-refractivity contribution in [3.63, 3.8) is 0 Å². The highest BCUT2D eigenvalue weighted by molar-refractivity contribution is 5.67. The van der Waals surface area contributed by atoms with Crippen LogP contribution < -0.4 is 0 Å². The summed E-state index contributed by atoms with van der Waals surface area (Å²) in [5, 5.41) is 8.77. The van der Waals surface area contributed by atoms with Gasteiger partial charge in [0.15, 0.2) is 0 Å². The third-order valence-corrected chi connectivity index (χ3v) is 3.42. The Labute approximate surface area is 80.3 Å². The summed E-state index contributed by atoms with van der Waals surface area (Å²) in [6, 6.07) is 0. The van der Waals surface area contributed by atoms with Crippen LogP contribution in [0.1, 0.15) is 40.0 Å². The maximum Gasteiger partial charge on any atom is 0.303 e. The average molecular weight is 184 g/mol. The first kappa shape index (κ1) is 10.6. The summed E-state index contributed by atoms with van der Waals surface area (Å²) in [5.74, 6) is 1.69. The molecule has 1 aliphatic rings. The van der Waals surface area contributed by atoms with E-state index in [0.29, 0.717) is 24.2 Å². The number of carbonyl (C=O) groups is 1. The van der Waals surface area contributed by atoms with Crippen LogP contribution in [0.5, 0.6) is 0 Å². The molecule has 0 heterocycles. The Hall–Kier alpha value is -0.530. The Morgan fingerprint density at radius 3 is 2.08 bits per heavy atom. The fourth-order valence-corrected chi connectivity index (χ4v) is 2.88. The second kappa shape index (κ2) is 4.12. The zero-order chi connectivity index (χ0) is 10.0.